The molecule has 0 aliphatic carbocycles. The predicted molar refractivity (Wildman–Crippen MR) is 78.4 cm³/mol. The molecule has 0 aliphatic heterocycles. The lowest BCUT2D eigenvalue weighted by atomic mass is 10.2. The fourth-order valence-corrected chi connectivity index (χ4v) is 2.32. The smallest absolute Gasteiger partial charge is 0.106 e. The van der Waals surface area contributed by atoms with Crippen LogP contribution in [0, 0.1) is 0 Å². The summed E-state index contributed by atoms with van der Waals surface area (Å²) in [6.07, 6.45) is 1.77. The van der Waals surface area contributed by atoms with Gasteiger partial charge in [-0.25, -0.2) is 4.98 Å². The zero-order valence-corrected chi connectivity index (χ0v) is 12.7. The molecule has 0 bridgehead atoms. The molecule has 1 aromatic heterocycles. The number of benzene rings is 1. The molecule has 1 N–H and O–H groups in total. The second kappa shape index (κ2) is 5.85. The van der Waals surface area contributed by atoms with Gasteiger partial charge in [-0.3, -0.25) is 0 Å². The van der Waals surface area contributed by atoms with Gasteiger partial charge in [0.2, 0.25) is 0 Å². The number of anilines is 1. The van der Waals surface area contributed by atoms with E-state index in [9.17, 15) is 0 Å². The molecule has 0 amide bonds. The van der Waals surface area contributed by atoms with E-state index in [-0.39, 0.29) is 0 Å². The topological polar surface area (TPSA) is 24.9 Å². The van der Waals surface area contributed by atoms with Crippen LogP contribution < -0.4 is 5.32 Å². The third-order valence-electron chi connectivity index (χ3n) is 2.23. The van der Waals surface area contributed by atoms with Crippen LogP contribution in [0.3, 0.4) is 0 Å². The van der Waals surface area contributed by atoms with E-state index in [4.69, 9.17) is 11.6 Å². The number of halogens is 3. The highest BCUT2D eigenvalue weighted by molar-refractivity contribution is 9.10. The maximum Gasteiger partial charge on any atom is 0.106 e. The summed E-state index contributed by atoms with van der Waals surface area (Å²) in [5.41, 5.74) is 2.02. The van der Waals surface area contributed by atoms with Crippen LogP contribution >= 0.6 is 43.5 Å². The Morgan fingerprint density at radius 3 is 2.65 bits per heavy atom. The van der Waals surface area contributed by atoms with Crippen LogP contribution in [0.15, 0.2) is 45.6 Å². The van der Waals surface area contributed by atoms with Crippen LogP contribution in [-0.4, -0.2) is 4.98 Å². The monoisotopic (exact) mass is 374 g/mol. The molecule has 1 heterocycles. The molecule has 2 rings (SSSR count). The maximum absolute atomic E-state index is 6.13. The number of nitrogens with zero attached hydrogens (tertiary/aromatic N) is 1. The van der Waals surface area contributed by atoms with Gasteiger partial charge in [-0.05, 0) is 45.8 Å². The fraction of sp³-hybridized carbons (Fsp3) is 0.0833. The van der Waals surface area contributed by atoms with Crippen molar-refractivity contribution in [2.45, 2.75) is 6.54 Å². The molecule has 0 fully saturated rings. The van der Waals surface area contributed by atoms with Gasteiger partial charge in [0.15, 0.2) is 0 Å². The molecule has 88 valence electrons. The average molecular weight is 376 g/mol. The minimum Gasteiger partial charge on any atom is -0.380 e. The molecule has 0 unspecified atom stereocenters. The minimum atomic E-state index is 0.676. The van der Waals surface area contributed by atoms with E-state index in [1.807, 2.05) is 30.3 Å². The third kappa shape index (κ3) is 3.69. The molecule has 5 heteroatoms. The summed E-state index contributed by atoms with van der Waals surface area (Å²) in [4.78, 5) is 4.14. The van der Waals surface area contributed by atoms with E-state index in [1.165, 1.54) is 0 Å². The Bertz CT molecular complexity index is 514. The molecule has 0 saturated heterocycles. The van der Waals surface area contributed by atoms with Crippen LogP contribution in [0.25, 0.3) is 0 Å². The van der Waals surface area contributed by atoms with Crippen molar-refractivity contribution in [1.82, 2.24) is 4.98 Å². The Hall–Kier alpha value is -0.580. The molecular weight excluding hydrogens is 367 g/mol. The van der Waals surface area contributed by atoms with Crippen molar-refractivity contribution < 1.29 is 0 Å². The summed E-state index contributed by atoms with van der Waals surface area (Å²) in [5.74, 6) is 0. The summed E-state index contributed by atoms with van der Waals surface area (Å²) in [5, 5.41) is 4.01. The number of pyridine rings is 1. The van der Waals surface area contributed by atoms with E-state index >= 15 is 0 Å². The van der Waals surface area contributed by atoms with Crippen molar-refractivity contribution in [2.75, 3.05) is 5.32 Å². The molecule has 1 aromatic carbocycles. The molecule has 2 nitrogen and oxygen atoms in total. The van der Waals surface area contributed by atoms with E-state index in [1.54, 1.807) is 6.20 Å². The molecule has 17 heavy (non-hydrogen) atoms. The number of hydrogen-bond acceptors (Lipinski definition) is 2. The lowest BCUT2D eigenvalue weighted by Crippen LogP contribution is -2.00. The highest BCUT2D eigenvalue weighted by atomic mass is 79.9. The first-order chi connectivity index (χ1) is 8.15. The van der Waals surface area contributed by atoms with Crippen LogP contribution in [0.2, 0.25) is 5.02 Å². The zero-order chi connectivity index (χ0) is 12.3. The zero-order valence-electron chi connectivity index (χ0n) is 8.75. The van der Waals surface area contributed by atoms with Gasteiger partial charge in [0, 0.05) is 16.0 Å². The van der Waals surface area contributed by atoms with Gasteiger partial charge in [-0.2, -0.15) is 0 Å². The van der Waals surface area contributed by atoms with Gasteiger partial charge in [0.25, 0.3) is 0 Å². The van der Waals surface area contributed by atoms with Crippen molar-refractivity contribution >= 4 is 49.1 Å². The molecule has 0 aliphatic rings. The Morgan fingerprint density at radius 2 is 2.00 bits per heavy atom. The van der Waals surface area contributed by atoms with Gasteiger partial charge in [-0.1, -0.05) is 33.6 Å². The molecule has 0 atom stereocenters. The molecular formula is C12H9Br2ClN2. The van der Waals surface area contributed by atoms with Crippen LogP contribution in [0.5, 0.6) is 0 Å². The van der Waals surface area contributed by atoms with E-state index < -0.39 is 0 Å². The van der Waals surface area contributed by atoms with Crippen molar-refractivity contribution in [3.05, 3.63) is 56.2 Å². The SMILES string of the molecule is Clc1cc(Br)ccc1CNc1ccc(Br)nc1. The molecule has 0 spiro atoms. The summed E-state index contributed by atoms with van der Waals surface area (Å²) in [6.45, 7) is 0.676. The Labute approximate surface area is 122 Å². The Balaban J connectivity index is 2.04. The first kappa shape index (κ1) is 12.9. The molecule has 2 aromatic rings. The van der Waals surface area contributed by atoms with Gasteiger partial charge in [-0.15, -0.1) is 0 Å². The predicted octanol–water partition coefficient (Wildman–Crippen LogP) is 4.87. The quantitative estimate of drug-likeness (QED) is 0.773. The Kier molecular flexibility index (Phi) is 4.42. The number of aromatic nitrogens is 1. The van der Waals surface area contributed by atoms with Crippen molar-refractivity contribution in [3.63, 3.8) is 0 Å². The lowest BCUT2D eigenvalue weighted by Gasteiger charge is -2.08. The highest BCUT2D eigenvalue weighted by Crippen LogP contribution is 2.22. The van der Waals surface area contributed by atoms with Gasteiger partial charge < -0.3 is 5.32 Å². The standard InChI is InChI=1S/C12H9Br2ClN2/c13-9-2-1-8(11(15)5-9)6-16-10-3-4-12(14)17-7-10/h1-5,7,16H,6H2. The number of rotatable bonds is 3. The summed E-state index contributed by atoms with van der Waals surface area (Å²) >= 11 is 12.8. The van der Waals surface area contributed by atoms with E-state index in [0.29, 0.717) is 6.54 Å². The van der Waals surface area contributed by atoms with E-state index in [2.05, 4.69) is 42.2 Å². The summed E-state index contributed by atoms with van der Waals surface area (Å²) in [6, 6.07) is 9.71. The molecule has 0 saturated carbocycles. The number of hydrogen-bond donors (Lipinski definition) is 1. The first-order valence-corrected chi connectivity index (χ1v) is 6.91. The summed E-state index contributed by atoms with van der Waals surface area (Å²) in [7, 11) is 0. The van der Waals surface area contributed by atoms with E-state index in [0.717, 1.165) is 25.3 Å². The van der Waals surface area contributed by atoms with Gasteiger partial charge in [0.1, 0.15) is 4.60 Å². The first-order valence-electron chi connectivity index (χ1n) is 4.94. The normalized spacial score (nSPS) is 10.3. The minimum absolute atomic E-state index is 0.676. The fourth-order valence-electron chi connectivity index (χ4n) is 1.34. The average Bonchev–Trinajstić information content (AvgIpc) is 2.30. The van der Waals surface area contributed by atoms with Crippen molar-refractivity contribution in [3.8, 4) is 0 Å². The van der Waals surface area contributed by atoms with Crippen LogP contribution in [0.1, 0.15) is 5.56 Å². The maximum atomic E-state index is 6.13. The second-order valence-corrected chi connectivity index (χ2v) is 5.59. The largest absolute Gasteiger partial charge is 0.380 e. The highest BCUT2D eigenvalue weighted by Gasteiger charge is 2.01. The Morgan fingerprint density at radius 1 is 1.18 bits per heavy atom. The summed E-state index contributed by atoms with van der Waals surface area (Å²) < 4.78 is 1.81. The van der Waals surface area contributed by atoms with Crippen molar-refractivity contribution in [2.24, 2.45) is 0 Å². The lowest BCUT2D eigenvalue weighted by molar-refractivity contribution is 1.13. The van der Waals surface area contributed by atoms with Crippen LogP contribution in [-0.2, 0) is 6.54 Å². The van der Waals surface area contributed by atoms with Gasteiger partial charge in [0.05, 0.1) is 11.9 Å². The molecule has 0 radical (unpaired) electrons. The van der Waals surface area contributed by atoms with Crippen LogP contribution in [0.4, 0.5) is 5.69 Å². The van der Waals surface area contributed by atoms with Gasteiger partial charge >= 0.3 is 0 Å². The number of nitrogens with one attached hydrogen (secondary N) is 1. The van der Waals surface area contributed by atoms with Crippen molar-refractivity contribution in [1.29, 1.82) is 0 Å². The third-order valence-corrected chi connectivity index (χ3v) is 3.54. The second-order valence-electron chi connectivity index (χ2n) is 3.46.